The van der Waals surface area contributed by atoms with Gasteiger partial charge in [-0.15, -0.1) is 0 Å². The van der Waals surface area contributed by atoms with E-state index in [2.05, 4.69) is 20.3 Å². The zero-order chi connectivity index (χ0) is 32.8. The number of imidazole rings is 1. The number of carbonyl (C=O) groups excluding carboxylic acids is 1. The molecule has 6 rings (SSSR count). The molecule has 1 saturated heterocycles. The van der Waals surface area contributed by atoms with Crippen LogP contribution in [-0.4, -0.2) is 51.1 Å². The predicted molar refractivity (Wildman–Crippen MR) is 171 cm³/mol. The van der Waals surface area contributed by atoms with E-state index in [9.17, 15) is 18.0 Å². The van der Waals surface area contributed by atoms with Crippen molar-refractivity contribution in [3.05, 3.63) is 114 Å². The van der Waals surface area contributed by atoms with Gasteiger partial charge in [-0.1, -0.05) is 54.6 Å². The number of nitrogens with one attached hydrogen (secondary N) is 2. The Kier molecular flexibility index (Phi) is 9.37. The van der Waals surface area contributed by atoms with Gasteiger partial charge in [0.25, 0.3) is 0 Å². The van der Waals surface area contributed by atoms with Gasteiger partial charge in [-0.2, -0.15) is 13.2 Å². The molecule has 47 heavy (non-hydrogen) atoms. The maximum absolute atomic E-state index is 13.7. The Morgan fingerprint density at radius 1 is 0.957 bits per heavy atom. The SMILES string of the molecule is COc1ccc(CNc2nccc(-c3[nH]c(C4CCN(C(=O)OCc5ccccc5)CC4)nc3-c3cccc(C(F)(F)F)c3)n2)cc1. The van der Waals surface area contributed by atoms with E-state index in [-0.39, 0.29) is 18.6 Å². The lowest BCUT2D eigenvalue weighted by atomic mass is 9.96. The van der Waals surface area contributed by atoms with E-state index in [1.54, 1.807) is 30.3 Å². The first-order valence-electron chi connectivity index (χ1n) is 15.2. The number of anilines is 1. The summed E-state index contributed by atoms with van der Waals surface area (Å²) < 4.78 is 51.7. The molecule has 0 aliphatic carbocycles. The van der Waals surface area contributed by atoms with E-state index in [0.29, 0.717) is 66.9 Å². The van der Waals surface area contributed by atoms with Crippen LogP contribution in [0.2, 0.25) is 0 Å². The highest BCUT2D eigenvalue weighted by Crippen LogP contribution is 2.37. The van der Waals surface area contributed by atoms with Gasteiger partial charge in [0.2, 0.25) is 5.95 Å². The van der Waals surface area contributed by atoms with Crippen molar-refractivity contribution in [3.63, 3.8) is 0 Å². The number of piperidine rings is 1. The van der Waals surface area contributed by atoms with Crippen LogP contribution < -0.4 is 10.1 Å². The fourth-order valence-corrected chi connectivity index (χ4v) is 5.48. The summed E-state index contributed by atoms with van der Waals surface area (Å²) in [5.41, 5.74) is 2.76. The molecule has 3 heterocycles. The highest BCUT2D eigenvalue weighted by Gasteiger charge is 2.32. The number of benzene rings is 3. The molecular formula is C35H33F3N6O3. The van der Waals surface area contributed by atoms with Crippen LogP contribution in [0, 0.1) is 0 Å². The third-order valence-electron chi connectivity index (χ3n) is 8.05. The number of methoxy groups -OCH3 is 1. The van der Waals surface area contributed by atoms with Crippen LogP contribution in [0.3, 0.4) is 0 Å². The molecule has 0 saturated carbocycles. The van der Waals surface area contributed by atoms with Gasteiger partial charge in [0, 0.05) is 37.3 Å². The topological polar surface area (TPSA) is 105 Å². The van der Waals surface area contributed by atoms with Crippen molar-refractivity contribution in [2.75, 3.05) is 25.5 Å². The fraction of sp³-hybridized carbons (Fsp3) is 0.257. The summed E-state index contributed by atoms with van der Waals surface area (Å²) in [6.45, 7) is 1.56. The molecule has 9 nitrogen and oxygen atoms in total. The second kappa shape index (κ2) is 13.9. The predicted octanol–water partition coefficient (Wildman–Crippen LogP) is 7.69. The lowest BCUT2D eigenvalue weighted by Crippen LogP contribution is -2.38. The first-order valence-corrected chi connectivity index (χ1v) is 15.2. The number of aromatic amines is 1. The van der Waals surface area contributed by atoms with E-state index in [4.69, 9.17) is 14.5 Å². The molecule has 0 atom stereocenters. The number of hydrogen-bond donors (Lipinski definition) is 2. The molecule has 1 fully saturated rings. The maximum Gasteiger partial charge on any atom is 0.416 e. The first-order chi connectivity index (χ1) is 22.8. The molecule has 0 spiro atoms. The number of alkyl halides is 3. The number of aromatic nitrogens is 4. The normalized spacial score (nSPS) is 13.7. The lowest BCUT2D eigenvalue weighted by molar-refractivity contribution is -0.137. The van der Waals surface area contributed by atoms with Crippen molar-refractivity contribution in [2.45, 2.75) is 38.1 Å². The average Bonchev–Trinajstić information content (AvgIpc) is 3.56. The molecule has 0 bridgehead atoms. The minimum atomic E-state index is -4.51. The molecule has 12 heteroatoms. The number of halogens is 3. The Bertz CT molecular complexity index is 1800. The molecule has 1 aliphatic heterocycles. The molecule has 5 aromatic rings. The van der Waals surface area contributed by atoms with Crippen molar-refractivity contribution in [2.24, 2.45) is 0 Å². The van der Waals surface area contributed by atoms with Crippen LogP contribution in [0.5, 0.6) is 5.75 Å². The van der Waals surface area contributed by atoms with Crippen molar-refractivity contribution < 1.29 is 27.4 Å². The van der Waals surface area contributed by atoms with Crippen LogP contribution in [0.25, 0.3) is 22.6 Å². The fourth-order valence-electron chi connectivity index (χ4n) is 5.48. The maximum atomic E-state index is 13.7. The molecule has 0 radical (unpaired) electrons. The number of likely N-dealkylation sites (tertiary alicyclic amines) is 1. The minimum Gasteiger partial charge on any atom is -0.497 e. The quantitative estimate of drug-likeness (QED) is 0.170. The van der Waals surface area contributed by atoms with E-state index >= 15 is 0 Å². The van der Waals surface area contributed by atoms with Gasteiger partial charge in [0.05, 0.1) is 29.8 Å². The zero-order valence-electron chi connectivity index (χ0n) is 25.6. The number of rotatable bonds is 9. The monoisotopic (exact) mass is 642 g/mol. The Morgan fingerprint density at radius 3 is 2.45 bits per heavy atom. The zero-order valence-corrected chi connectivity index (χ0v) is 25.6. The Morgan fingerprint density at radius 2 is 1.72 bits per heavy atom. The van der Waals surface area contributed by atoms with Crippen molar-refractivity contribution >= 4 is 12.0 Å². The largest absolute Gasteiger partial charge is 0.497 e. The van der Waals surface area contributed by atoms with Crippen LogP contribution in [0.15, 0.2) is 91.1 Å². The van der Waals surface area contributed by atoms with Gasteiger partial charge < -0.3 is 24.7 Å². The summed E-state index contributed by atoms with van der Waals surface area (Å²) >= 11 is 0. The molecule has 3 aromatic carbocycles. The van der Waals surface area contributed by atoms with E-state index in [0.717, 1.165) is 29.0 Å². The second-order valence-corrected chi connectivity index (χ2v) is 11.2. The number of hydrogen-bond acceptors (Lipinski definition) is 7. The third kappa shape index (κ3) is 7.71. The molecule has 242 valence electrons. The second-order valence-electron chi connectivity index (χ2n) is 11.2. The third-order valence-corrected chi connectivity index (χ3v) is 8.05. The summed E-state index contributed by atoms with van der Waals surface area (Å²) in [6, 6.07) is 23.9. The summed E-state index contributed by atoms with van der Waals surface area (Å²) in [4.78, 5) is 31.6. The smallest absolute Gasteiger partial charge is 0.416 e. The number of H-pyrrole nitrogens is 1. The van der Waals surface area contributed by atoms with Gasteiger partial charge in [0.15, 0.2) is 0 Å². The Balaban J connectivity index is 1.22. The van der Waals surface area contributed by atoms with E-state index < -0.39 is 11.7 Å². The number of amides is 1. The summed E-state index contributed by atoms with van der Waals surface area (Å²) in [7, 11) is 1.61. The summed E-state index contributed by atoms with van der Waals surface area (Å²) in [5, 5.41) is 3.21. The van der Waals surface area contributed by atoms with Crippen LogP contribution in [0.4, 0.5) is 23.9 Å². The van der Waals surface area contributed by atoms with Crippen molar-refractivity contribution in [1.29, 1.82) is 0 Å². The van der Waals surface area contributed by atoms with Gasteiger partial charge >= 0.3 is 12.3 Å². The molecule has 2 aromatic heterocycles. The van der Waals surface area contributed by atoms with Crippen LogP contribution >= 0.6 is 0 Å². The van der Waals surface area contributed by atoms with Gasteiger partial charge in [0.1, 0.15) is 18.2 Å². The summed E-state index contributed by atoms with van der Waals surface area (Å²) in [6.07, 6.45) is -2.09. The number of ether oxygens (including phenoxy) is 2. The lowest BCUT2D eigenvalue weighted by Gasteiger charge is -2.30. The highest BCUT2D eigenvalue weighted by molar-refractivity contribution is 5.77. The van der Waals surface area contributed by atoms with Gasteiger partial charge in [-0.05, 0) is 54.3 Å². The molecule has 2 N–H and O–H groups in total. The standard InChI is InChI=1S/C35H33F3N6O3/c1-46-28-12-10-23(11-13-28)21-40-33-39-17-14-29(41-33)31-30(26-8-5-9-27(20-26)35(36,37)38)42-32(43-31)25-15-18-44(19-16-25)34(45)47-22-24-6-3-2-4-7-24/h2-14,17,20,25H,15-16,18-19,21-22H2,1H3,(H,42,43)(H,39,40,41). The van der Waals surface area contributed by atoms with Gasteiger partial charge in [-0.25, -0.2) is 19.7 Å². The first kappa shape index (κ1) is 31.6. The average molecular weight is 643 g/mol. The van der Waals surface area contributed by atoms with Gasteiger partial charge in [-0.3, -0.25) is 0 Å². The highest BCUT2D eigenvalue weighted by atomic mass is 19.4. The van der Waals surface area contributed by atoms with E-state index in [1.165, 1.54) is 6.07 Å². The van der Waals surface area contributed by atoms with Crippen molar-refractivity contribution in [1.82, 2.24) is 24.8 Å². The van der Waals surface area contributed by atoms with E-state index in [1.807, 2.05) is 54.6 Å². The summed E-state index contributed by atoms with van der Waals surface area (Å²) in [5.74, 6) is 1.67. The molecule has 1 aliphatic rings. The number of carbonyl (C=O) groups is 1. The van der Waals surface area contributed by atoms with Crippen LogP contribution in [-0.2, 0) is 24.1 Å². The number of nitrogens with zero attached hydrogens (tertiary/aromatic N) is 4. The van der Waals surface area contributed by atoms with Crippen LogP contribution in [0.1, 0.15) is 41.3 Å². The molecule has 0 unspecified atom stereocenters. The minimum absolute atomic E-state index is 0.0547. The Hall–Kier alpha value is -5.39. The molecule has 1 amide bonds. The van der Waals surface area contributed by atoms with Crippen molar-refractivity contribution in [3.8, 4) is 28.4 Å². The molecular weight excluding hydrogens is 609 g/mol. The Labute approximate surface area is 269 Å².